The van der Waals surface area contributed by atoms with E-state index in [9.17, 15) is 18.5 Å². The van der Waals surface area contributed by atoms with Crippen molar-refractivity contribution in [3.05, 3.63) is 59.2 Å². The van der Waals surface area contributed by atoms with Crippen LogP contribution in [0.25, 0.3) is 0 Å². The third-order valence-corrected chi connectivity index (χ3v) is 6.96. The number of nitriles is 1. The molecule has 8 heteroatoms. The Hall–Kier alpha value is -2.63. The van der Waals surface area contributed by atoms with Crippen LogP contribution in [-0.2, 0) is 20.6 Å². The van der Waals surface area contributed by atoms with Gasteiger partial charge in [0, 0.05) is 30.4 Å². The first-order chi connectivity index (χ1) is 13.8. The SMILES string of the molecule is Cc1cc(C)nc(C(C#N)C(=O)C2CCN(S(=O)(=O)Cc3ccccc3)CC2)n1. The highest BCUT2D eigenvalue weighted by atomic mass is 32.2. The molecule has 0 amide bonds. The quantitative estimate of drug-likeness (QED) is 0.722. The Bertz CT molecular complexity index is 1000. The summed E-state index contributed by atoms with van der Waals surface area (Å²) in [5.41, 5.74) is 2.16. The van der Waals surface area contributed by atoms with E-state index < -0.39 is 15.9 Å². The second kappa shape index (κ2) is 8.80. The van der Waals surface area contributed by atoms with Crippen LogP contribution in [0.4, 0.5) is 0 Å². The summed E-state index contributed by atoms with van der Waals surface area (Å²) in [6.07, 6.45) is 0.797. The molecule has 0 saturated carbocycles. The third-order valence-electron chi connectivity index (χ3n) is 5.11. The van der Waals surface area contributed by atoms with E-state index in [2.05, 4.69) is 9.97 Å². The van der Waals surface area contributed by atoms with Crippen molar-refractivity contribution in [1.82, 2.24) is 14.3 Å². The first kappa shape index (κ1) is 21.1. The molecule has 2 heterocycles. The van der Waals surface area contributed by atoms with Gasteiger partial charge in [-0.15, -0.1) is 0 Å². The molecule has 7 nitrogen and oxygen atoms in total. The fraction of sp³-hybridized carbons (Fsp3) is 0.429. The molecule has 0 radical (unpaired) electrons. The van der Waals surface area contributed by atoms with Gasteiger partial charge < -0.3 is 0 Å². The molecule has 1 aliphatic heterocycles. The Kier molecular flexibility index (Phi) is 6.40. The second-order valence-corrected chi connectivity index (χ2v) is 9.36. The van der Waals surface area contributed by atoms with Gasteiger partial charge in [-0.2, -0.15) is 5.26 Å². The molecule has 0 bridgehead atoms. The molecule has 1 fully saturated rings. The average Bonchev–Trinajstić information content (AvgIpc) is 2.68. The number of aromatic nitrogens is 2. The van der Waals surface area contributed by atoms with Gasteiger partial charge in [0.15, 0.2) is 17.5 Å². The molecule has 0 N–H and O–H groups in total. The third kappa shape index (κ3) is 5.05. The molecule has 1 aromatic heterocycles. The lowest BCUT2D eigenvalue weighted by Crippen LogP contribution is -2.41. The van der Waals surface area contributed by atoms with E-state index in [1.165, 1.54) is 4.31 Å². The van der Waals surface area contributed by atoms with E-state index in [1.54, 1.807) is 32.0 Å². The van der Waals surface area contributed by atoms with Crippen molar-refractivity contribution in [3.63, 3.8) is 0 Å². The largest absolute Gasteiger partial charge is 0.297 e. The van der Waals surface area contributed by atoms with Crippen molar-refractivity contribution in [1.29, 1.82) is 5.26 Å². The highest BCUT2D eigenvalue weighted by Gasteiger charge is 2.35. The first-order valence-electron chi connectivity index (χ1n) is 9.57. The van der Waals surface area contributed by atoms with Gasteiger partial charge in [-0.05, 0) is 38.3 Å². The number of sulfonamides is 1. The number of carbonyl (C=O) groups is 1. The highest BCUT2D eigenvalue weighted by Crippen LogP contribution is 2.27. The summed E-state index contributed by atoms with van der Waals surface area (Å²) in [6.45, 7) is 4.15. The Morgan fingerprint density at radius 2 is 1.76 bits per heavy atom. The zero-order valence-corrected chi connectivity index (χ0v) is 17.4. The molecule has 1 atom stereocenters. The maximum Gasteiger partial charge on any atom is 0.218 e. The summed E-state index contributed by atoms with van der Waals surface area (Å²) in [7, 11) is -3.44. The number of carbonyl (C=O) groups excluding carboxylic acids is 1. The molecule has 152 valence electrons. The molecular formula is C21H24N4O3S. The van der Waals surface area contributed by atoms with Gasteiger partial charge in [0.05, 0.1) is 11.8 Å². The van der Waals surface area contributed by atoms with E-state index in [0.29, 0.717) is 24.2 Å². The van der Waals surface area contributed by atoms with Crippen LogP contribution < -0.4 is 0 Å². The lowest BCUT2D eigenvalue weighted by atomic mass is 9.86. The van der Waals surface area contributed by atoms with Crippen LogP contribution in [0.3, 0.4) is 0 Å². The van der Waals surface area contributed by atoms with Crippen molar-refractivity contribution in [2.75, 3.05) is 13.1 Å². The van der Waals surface area contributed by atoms with Gasteiger partial charge >= 0.3 is 0 Å². The molecule has 1 unspecified atom stereocenters. The number of ketones is 1. The Balaban J connectivity index is 1.66. The molecule has 1 saturated heterocycles. The van der Waals surface area contributed by atoms with Gasteiger partial charge in [-0.3, -0.25) is 4.79 Å². The van der Waals surface area contributed by atoms with Gasteiger partial charge in [-0.1, -0.05) is 30.3 Å². The number of nitrogens with zero attached hydrogens (tertiary/aromatic N) is 4. The first-order valence-corrected chi connectivity index (χ1v) is 11.2. The maximum atomic E-state index is 12.9. The maximum absolute atomic E-state index is 12.9. The molecule has 29 heavy (non-hydrogen) atoms. The average molecular weight is 413 g/mol. The number of rotatable bonds is 6. The standard InChI is InChI=1S/C21H24N4O3S/c1-15-12-16(2)24-21(23-15)19(13-22)20(26)18-8-10-25(11-9-18)29(27,28)14-17-6-4-3-5-7-17/h3-7,12,18-19H,8-11,14H2,1-2H3. The van der Waals surface area contributed by atoms with Crippen LogP contribution in [0.1, 0.15) is 41.5 Å². The Labute approximate surface area is 171 Å². The van der Waals surface area contributed by atoms with Crippen LogP contribution >= 0.6 is 0 Å². The van der Waals surface area contributed by atoms with E-state index in [0.717, 1.165) is 5.56 Å². The van der Waals surface area contributed by atoms with Crippen LogP contribution in [0.15, 0.2) is 36.4 Å². The highest BCUT2D eigenvalue weighted by molar-refractivity contribution is 7.88. The normalized spacial score (nSPS) is 16.9. The Morgan fingerprint density at radius 3 is 2.31 bits per heavy atom. The molecule has 1 aliphatic rings. The predicted molar refractivity (Wildman–Crippen MR) is 108 cm³/mol. The van der Waals surface area contributed by atoms with Crippen molar-refractivity contribution in [2.24, 2.45) is 5.92 Å². The molecule has 0 spiro atoms. The van der Waals surface area contributed by atoms with Gasteiger partial charge in [0.25, 0.3) is 0 Å². The lowest BCUT2D eigenvalue weighted by Gasteiger charge is -2.31. The van der Waals surface area contributed by atoms with Crippen molar-refractivity contribution >= 4 is 15.8 Å². The zero-order valence-electron chi connectivity index (χ0n) is 16.6. The summed E-state index contributed by atoms with van der Waals surface area (Å²) in [5, 5.41) is 9.55. The number of hydrogen-bond donors (Lipinski definition) is 0. The number of aryl methyl sites for hydroxylation is 2. The zero-order chi connectivity index (χ0) is 21.0. The summed E-state index contributed by atoms with van der Waals surface area (Å²) < 4.78 is 26.8. The van der Waals surface area contributed by atoms with Crippen LogP contribution in [0, 0.1) is 31.1 Å². The minimum absolute atomic E-state index is 0.0519. The summed E-state index contributed by atoms with van der Waals surface area (Å²) >= 11 is 0. The number of hydrogen-bond acceptors (Lipinski definition) is 6. The fourth-order valence-electron chi connectivity index (χ4n) is 3.66. The number of Topliss-reactive ketones (excluding diaryl/α,β-unsaturated/α-hetero) is 1. The summed E-state index contributed by atoms with van der Waals surface area (Å²) in [5.74, 6) is -1.44. The molecule has 0 aliphatic carbocycles. The fourth-order valence-corrected chi connectivity index (χ4v) is 5.22. The molecule has 3 rings (SSSR count). The summed E-state index contributed by atoms with van der Waals surface area (Å²) in [6, 6.07) is 12.9. The molecular weight excluding hydrogens is 388 g/mol. The van der Waals surface area contributed by atoms with E-state index in [4.69, 9.17) is 0 Å². The van der Waals surface area contributed by atoms with Crippen molar-refractivity contribution < 1.29 is 13.2 Å². The molecule has 1 aromatic carbocycles. The van der Waals surface area contributed by atoms with E-state index >= 15 is 0 Å². The Morgan fingerprint density at radius 1 is 1.17 bits per heavy atom. The lowest BCUT2D eigenvalue weighted by molar-refractivity contribution is -0.124. The van der Waals surface area contributed by atoms with Gasteiger partial charge in [0.1, 0.15) is 0 Å². The van der Waals surface area contributed by atoms with Crippen molar-refractivity contribution in [2.45, 2.75) is 38.4 Å². The minimum Gasteiger partial charge on any atom is -0.297 e. The van der Waals surface area contributed by atoms with E-state index in [1.807, 2.05) is 24.3 Å². The van der Waals surface area contributed by atoms with Crippen LogP contribution in [0.5, 0.6) is 0 Å². The van der Waals surface area contributed by atoms with Crippen molar-refractivity contribution in [3.8, 4) is 6.07 Å². The van der Waals surface area contributed by atoms with Crippen LogP contribution in [-0.4, -0.2) is 41.6 Å². The van der Waals surface area contributed by atoms with Gasteiger partial charge in [-0.25, -0.2) is 22.7 Å². The van der Waals surface area contributed by atoms with E-state index in [-0.39, 0.29) is 36.4 Å². The monoisotopic (exact) mass is 412 g/mol. The predicted octanol–water partition coefficient (Wildman–Crippen LogP) is 2.51. The van der Waals surface area contributed by atoms with Crippen LogP contribution in [0.2, 0.25) is 0 Å². The number of piperidine rings is 1. The second-order valence-electron chi connectivity index (χ2n) is 7.39. The topological polar surface area (TPSA) is 104 Å². The smallest absolute Gasteiger partial charge is 0.218 e. The van der Waals surface area contributed by atoms with Gasteiger partial charge in [0.2, 0.25) is 10.0 Å². The summed E-state index contributed by atoms with van der Waals surface area (Å²) in [4.78, 5) is 21.5. The molecule has 2 aromatic rings. The minimum atomic E-state index is -3.44. The number of benzene rings is 1.